The van der Waals surface area contributed by atoms with Crippen LogP contribution in [0.15, 0.2) is 41.6 Å². The average Bonchev–Trinajstić information content (AvgIpc) is 2.77. The molecule has 1 aromatic rings. The molecule has 1 unspecified atom stereocenters. The molecular weight excluding hydrogens is 288 g/mol. The van der Waals surface area contributed by atoms with Crippen LogP contribution in [-0.2, 0) is 14.3 Å². The fourth-order valence-electron chi connectivity index (χ4n) is 2.09. The van der Waals surface area contributed by atoms with E-state index >= 15 is 0 Å². The molecule has 0 aliphatic carbocycles. The Kier molecular flexibility index (Phi) is 4.90. The van der Waals surface area contributed by atoms with Gasteiger partial charge in [-0.2, -0.15) is 8.42 Å². The second kappa shape index (κ2) is 6.49. The molecule has 1 aromatic carbocycles. The van der Waals surface area contributed by atoms with Crippen molar-refractivity contribution in [2.45, 2.75) is 37.9 Å². The van der Waals surface area contributed by atoms with Crippen molar-refractivity contribution in [3.05, 3.63) is 42.2 Å². The third-order valence-corrected chi connectivity index (χ3v) is 4.69. The van der Waals surface area contributed by atoms with Gasteiger partial charge in [0.15, 0.2) is 0 Å². The Hall–Kier alpha value is -1.53. The predicted octanol–water partition coefficient (Wildman–Crippen LogP) is 2.50. The van der Waals surface area contributed by atoms with E-state index in [-0.39, 0.29) is 4.90 Å². The van der Waals surface area contributed by atoms with Crippen molar-refractivity contribution in [3.8, 4) is 0 Å². The van der Waals surface area contributed by atoms with Crippen LogP contribution in [0.3, 0.4) is 0 Å². The third-order valence-electron chi connectivity index (χ3n) is 3.42. The summed E-state index contributed by atoms with van der Waals surface area (Å²) in [4.78, 5) is 3.83. The van der Waals surface area contributed by atoms with Gasteiger partial charge >= 0.3 is 0 Å². The largest absolute Gasteiger partial charge is 0.336 e. The van der Waals surface area contributed by atoms with Gasteiger partial charge in [-0.15, -0.1) is 0 Å². The van der Waals surface area contributed by atoms with Gasteiger partial charge in [-0.05, 0) is 25.5 Å². The maximum atomic E-state index is 12.4. The standard InChI is InChI=1S/C15H22N2O3S/c1-4-5-10-17-12-11-16(3)15(17)20-21(18,19)14-8-6-13(2)7-9-14/h6-9,11-12,15H,4-5,10H2,1-3H3. The van der Waals surface area contributed by atoms with Crippen molar-refractivity contribution in [2.24, 2.45) is 0 Å². The Bertz CT molecular complexity index is 596. The zero-order valence-corrected chi connectivity index (χ0v) is 13.5. The van der Waals surface area contributed by atoms with Crippen LogP contribution in [0.25, 0.3) is 0 Å². The number of hydrogen-bond acceptors (Lipinski definition) is 5. The Morgan fingerprint density at radius 2 is 1.86 bits per heavy atom. The van der Waals surface area contributed by atoms with E-state index in [1.165, 1.54) is 0 Å². The number of benzene rings is 1. The van der Waals surface area contributed by atoms with Crippen molar-refractivity contribution in [1.82, 2.24) is 9.80 Å². The quantitative estimate of drug-likeness (QED) is 0.756. The molecule has 0 saturated carbocycles. The zero-order chi connectivity index (χ0) is 15.5. The van der Waals surface area contributed by atoms with Crippen LogP contribution in [0, 0.1) is 6.92 Å². The fraction of sp³-hybridized carbons (Fsp3) is 0.467. The van der Waals surface area contributed by atoms with Crippen LogP contribution in [0.2, 0.25) is 0 Å². The summed E-state index contributed by atoms with van der Waals surface area (Å²) in [6.07, 6.45) is 5.12. The van der Waals surface area contributed by atoms with Crippen molar-refractivity contribution in [1.29, 1.82) is 0 Å². The number of hydrogen-bond donors (Lipinski definition) is 0. The van der Waals surface area contributed by atoms with E-state index in [4.69, 9.17) is 4.18 Å². The maximum Gasteiger partial charge on any atom is 0.300 e. The molecule has 0 spiro atoms. The van der Waals surface area contributed by atoms with E-state index in [2.05, 4.69) is 6.92 Å². The Labute approximate surface area is 126 Å². The highest BCUT2D eigenvalue weighted by molar-refractivity contribution is 7.86. The molecule has 0 aromatic heterocycles. The van der Waals surface area contributed by atoms with Crippen molar-refractivity contribution in [3.63, 3.8) is 0 Å². The summed E-state index contributed by atoms with van der Waals surface area (Å²) in [6.45, 7) is 4.78. The molecule has 0 saturated heterocycles. The lowest BCUT2D eigenvalue weighted by Crippen LogP contribution is -2.40. The van der Waals surface area contributed by atoms with Gasteiger partial charge in [-0.25, -0.2) is 4.18 Å². The van der Waals surface area contributed by atoms with Gasteiger partial charge in [0, 0.05) is 26.0 Å². The second-order valence-electron chi connectivity index (χ2n) is 5.24. The summed E-state index contributed by atoms with van der Waals surface area (Å²) >= 11 is 0. The van der Waals surface area contributed by atoms with Crippen LogP contribution in [0.1, 0.15) is 25.3 Å². The molecule has 0 amide bonds. The molecule has 0 bridgehead atoms. The Morgan fingerprint density at radius 3 is 2.48 bits per heavy atom. The lowest BCUT2D eigenvalue weighted by molar-refractivity contribution is -0.00886. The normalized spacial score (nSPS) is 18.5. The summed E-state index contributed by atoms with van der Waals surface area (Å²) in [7, 11) is -1.97. The number of nitrogens with zero attached hydrogens (tertiary/aromatic N) is 2. The van der Waals surface area contributed by atoms with Crippen molar-refractivity contribution in [2.75, 3.05) is 13.6 Å². The first-order valence-electron chi connectivity index (χ1n) is 7.10. The first kappa shape index (κ1) is 15.9. The molecule has 6 heteroatoms. The van der Waals surface area contributed by atoms with Crippen LogP contribution in [0.5, 0.6) is 0 Å². The minimum Gasteiger partial charge on any atom is -0.336 e. The molecule has 116 valence electrons. The third kappa shape index (κ3) is 3.77. The fourth-order valence-corrected chi connectivity index (χ4v) is 3.15. The van der Waals surface area contributed by atoms with Crippen LogP contribution >= 0.6 is 0 Å². The van der Waals surface area contributed by atoms with E-state index in [1.54, 1.807) is 36.2 Å². The summed E-state index contributed by atoms with van der Waals surface area (Å²) in [5, 5.41) is 0. The molecule has 5 nitrogen and oxygen atoms in total. The molecule has 21 heavy (non-hydrogen) atoms. The number of unbranched alkanes of at least 4 members (excludes halogenated alkanes) is 1. The average molecular weight is 310 g/mol. The smallest absolute Gasteiger partial charge is 0.300 e. The zero-order valence-electron chi connectivity index (χ0n) is 12.7. The van der Waals surface area contributed by atoms with Gasteiger partial charge in [0.05, 0.1) is 4.90 Å². The molecule has 1 aliphatic heterocycles. The summed E-state index contributed by atoms with van der Waals surface area (Å²) in [5.41, 5.74) is 1.01. The SMILES string of the molecule is CCCCN1C=CN(C)C1OS(=O)(=O)c1ccc(C)cc1. The molecule has 1 aliphatic rings. The second-order valence-corrected chi connectivity index (χ2v) is 6.82. The number of rotatable bonds is 6. The highest BCUT2D eigenvalue weighted by Crippen LogP contribution is 2.22. The predicted molar refractivity (Wildman–Crippen MR) is 81.8 cm³/mol. The van der Waals surface area contributed by atoms with Gasteiger partial charge in [-0.1, -0.05) is 31.0 Å². The monoisotopic (exact) mass is 310 g/mol. The van der Waals surface area contributed by atoms with Crippen molar-refractivity contribution < 1.29 is 12.6 Å². The Morgan fingerprint density at radius 1 is 1.19 bits per heavy atom. The van der Waals surface area contributed by atoms with Crippen LogP contribution in [-0.4, -0.2) is 38.2 Å². The van der Waals surface area contributed by atoms with Crippen LogP contribution < -0.4 is 0 Å². The topological polar surface area (TPSA) is 49.9 Å². The molecule has 1 atom stereocenters. The van der Waals surface area contributed by atoms with Crippen molar-refractivity contribution >= 4 is 10.1 Å². The molecular formula is C15H22N2O3S. The summed E-state index contributed by atoms with van der Waals surface area (Å²) in [6, 6.07) is 6.68. The van der Waals surface area contributed by atoms with Gasteiger partial charge < -0.3 is 9.80 Å². The summed E-state index contributed by atoms with van der Waals surface area (Å²) in [5.74, 6) is 0. The van der Waals surface area contributed by atoms with Gasteiger partial charge in [0.2, 0.25) is 6.35 Å². The lowest BCUT2D eigenvalue weighted by atomic mass is 10.2. The minimum atomic E-state index is -3.77. The molecule has 0 radical (unpaired) electrons. The van der Waals surface area contributed by atoms with Crippen LogP contribution in [0.4, 0.5) is 0 Å². The molecule has 2 rings (SSSR count). The van der Waals surface area contributed by atoms with Gasteiger partial charge in [0.1, 0.15) is 0 Å². The molecule has 0 N–H and O–H groups in total. The Balaban J connectivity index is 2.13. The van der Waals surface area contributed by atoms with E-state index in [0.717, 1.165) is 24.9 Å². The molecule has 1 heterocycles. The van der Waals surface area contributed by atoms with E-state index in [1.807, 2.05) is 24.2 Å². The summed E-state index contributed by atoms with van der Waals surface area (Å²) < 4.78 is 30.1. The first-order chi connectivity index (χ1) is 9.94. The van der Waals surface area contributed by atoms with E-state index in [9.17, 15) is 8.42 Å². The van der Waals surface area contributed by atoms with E-state index < -0.39 is 16.5 Å². The number of aryl methyl sites for hydroxylation is 1. The maximum absolute atomic E-state index is 12.4. The van der Waals surface area contributed by atoms with Gasteiger partial charge in [-0.3, -0.25) is 0 Å². The lowest BCUT2D eigenvalue weighted by Gasteiger charge is -2.29. The highest BCUT2D eigenvalue weighted by Gasteiger charge is 2.30. The highest BCUT2D eigenvalue weighted by atomic mass is 32.2. The molecule has 0 fully saturated rings. The minimum absolute atomic E-state index is 0.184. The van der Waals surface area contributed by atoms with E-state index in [0.29, 0.717) is 0 Å². The van der Waals surface area contributed by atoms with Gasteiger partial charge in [0.25, 0.3) is 10.1 Å². The first-order valence-corrected chi connectivity index (χ1v) is 8.51.